The Kier molecular flexibility index (Phi) is 12.2. The van der Waals surface area contributed by atoms with Gasteiger partial charge >= 0.3 is 0 Å². The molecular weight excluding hydrogens is 420 g/mol. The van der Waals surface area contributed by atoms with E-state index in [2.05, 4.69) is 31.5 Å². The number of aromatic nitrogens is 2. The summed E-state index contributed by atoms with van der Waals surface area (Å²) in [6.07, 6.45) is 4.40. The largest absolute Gasteiger partial charge is 0.454 e. The number of rotatable bonds is 17. The van der Waals surface area contributed by atoms with Crippen LogP contribution < -0.4 is 4.74 Å². The zero-order chi connectivity index (χ0) is 24.1. The summed E-state index contributed by atoms with van der Waals surface area (Å²) < 4.78 is 24.3. The number of hydrogen-bond donors (Lipinski definition) is 1. The number of benzene rings is 1. The van der Waals surface area contributed by atoms with Crippen LogP contribution >= 0.6 is 0 Å². The van der Waals surface area contributed by atoms with Crippen molar-refractivity contribution in [1.29, 1.82) is 0 Å². The highest BCUT2D eigenvalue weighted by molar-refractivity contribution is 5.76. The van der Waals surface area contributed by atoms with E-state index >= 15 is 0 Å². The molecule has 0 bridgehead atoms. The molecule has 0 saturated carbocycles. The Morgan fingerprint density at radius 1 is 1.12 bits per heavy atom. The summed E-state index contributed by atoms with van der Waals surface area (Å²) in [5.41, 5.74) is 3.08. The smallest absolute Gasteiger partial charge is 0.298 e. The van der Waals surface area contributed by atoms with E-state index in [1.165, 1.54) is 5.57 Å². The molecule has 33 heavy (non-hydrogen) atoms. The van der Waals surface area contributed by atoms with E-state index in [1.54, 1.807) is 13.2 Å². The van der Waals surface area contributed by atoms with Gasteiger partial charge in [-0.05, 0) is 50.8 Å². The quantitative estimate of drug-likeness (QED) is 0.279. The van der Waals surface area contributed by atoms with Gasteiger partial charge in [0, 0.05) is 7.11 Å². The maximum atomic E-state index is 10.9. The van der Waals surface area contributed by atoms with Crippen molar-refractivity contribution in [3.05, 3.63) is 48.6 Å². The number of aliphatic hydroxyl groups is 1. The van der Waals surface area contributed by atoms with Gasteiger partial charge in [-0.25, -0.2) is 0 Å². The third-order valence-corrected chi connectivity index (χ3v) is 5.45. The molecule has 7 nitrogen and oxygen atoms in total. The Morgan fingerprint density at radius 2 is 1.82 bits per heavy atom. The van der Waals surface area contributed by atoms with E-state index < -0.39 is 12.2 Å². The number of allylic oxidation sites excluding steroid dienone is 2. The van der Waals surface area contributed by atoms with Crippen molar-refractivity contribution < 1.29 is 24.1 Å². The maximum Gasteiger partial charge on any atom is 0.298 e. The molecular formula is C26H40N2O5. The summed E-state index contributed by atoms with van der Waals surface area (Å²) >= 11 is 0. The number of fused-ring (bicyclic) bond motifs is 1. The molecule has 0 aliphatic heterocycles. The minimum Gasteiger partial charge on any atom is -0.454 e. The summed E-state index contributed by atoms with van der Waals surface area (Å²) in [5, 5.41) is 10.9. The van der Waals surface area contributed by atoms with Crippen LogP contribution in [0.4, 0.5) is 0 Å². The fourth-order valence-corrected chi connectivity index (χ4v) is 3.49. The van der Waals surface area contributed by atoms with Gasteiger partial charge in [-0.15, -0.1) is 0 Å². The normalized spacial score (nSPS) is 14.1. The van der Waals surface area contributed by atoms with Gasteiger partial charge in [0.15, 0.2) is 0 Å². The first-order chi connectivity index (χ1) is 16.0. The molecule has 0 aliphatic carbocycles. The fourth-order valence-electron chi connectivity index (χ4n) is 3.49. The minimum atomic E-state index is -0.679. The number of ether oxygens (including phenoxy) is 4. The lowest BCUT2D eigenvalue weighted by Crippen LogP contribution is -2.35. The Bertz CT molecular complexity index is 859. The minimum absolute atomic E-state index is 0.0582. The predicted molar refractivity (Wildman–Crippen MR) is 132 cm³/mol. The summed E-state index contributed by atoms with van der Waals surface area (Å²) in [7, 11) is 1.65. The molecule has 0 aliphatic rings. The number of nitrogens with zero attached hydrogens (tertiary/aromatic N) is 2. The molecule has 3 atom stereocenters. The first kappa shape index (κ1) is 27.1. The SMILES string of the molecule is C=C[C@@H](Oc1nc2ccccc2n1CCOCCOCCOC)[C@H](O)C(C)CCC=C(C)C. The second-order valence-corrected chi connectivity index (χ2v) is 8.40. The molecule has 184 valence electrons. The third-order valence-electron chi connectivity index (χ3n) is 5.45. The molecule has 2 aromatic rings. The van der Waals surface area contributed by atoms with Gasteiger partial charge in [0.05, 0.1) is 56.7 Å². The topological polar surface area (TPSA) is 75.0 Å². The first-order valence-electron chi connectivity index (χ1n) is 11.7. The molecule has 0 spiro atoms. The van der Waals surface area contributed by atoms with Crippen molar-refractivity contribution in [2.75, 3.05) is 40.1 Å². The lowest BCUT2D eigenvalue weighted by molar-refractivity contribution is 0.0141. The van der Waals surface area contributed by atoms with Crippen molar-refractivity contribution in [3.63, 3.8) is 0 Å². The molecule has 0 fully saturated rings. The average Bonchev–Trinajstić information content (AvgIpc) is 3.15. The molecule has 1 N–H and O–H groups in total. The monoisotopic (exact) mass is 460 g/mol. The first-order valence-corrected chi connectivity index (χ1v) is 11.7. The number of imidazole rings is 1. The molecule has 0 saturated heterocycles. The van der Waals surface area contributed by atoms with Gasteiger partial charge in [0.25, 0.3) is 6.01 Å². The van der Waals surface area contributed by atoms with Gasteiger partial charge in [0.1, 0.15) is 6.10 Å². The van der Waals surface area contributed by atoms with E-state index in [4.69, 9.17) is 18.9 Å². The van der Waals surface area contributed by atoms with Crippen molar-refractivity contribution in [2.45, 2.75) is 52.4 Å². The van der Waals surface area contributed by atoms with E-state index in [0.29, 0.717) is 45.6 Å². The molecule has 0 radical (unpaired) electrons. The van der Waals surface area contributed by atoms with Gasteiger partial charge in [0.2, 0.25) is 0 Å². The van der Waals surface area contributed by atoms with E-state index in [-0.39, 0.29) is 5.92 Å². The highest BCUT2D eigenvalue weighted by Gasteiger charge is 2.26. The lowest BCUT2D eigenvalue weighted by atomic mass is 9.94. The van der Waals surface area contributed by atoms with Crippen molar-refractivity contribution in [2.24, 2.45) is 5.92 Å². The third kappa shape index (κ3) is 8.93. The molecule has 1 aromatic heterocycles. The lowest BCUT2D eigenvalue weighted by Gasteiger charge is -2.26. The van der Waals surface area contributed by atoms with E-state index in [0.717, 1.165) is 23.9 Å². The van der Waals surface area contributed by atoms with Crippen LogP contribution in [0.5, 0.6) is 6.01 Å². The van der Waals surface area contributed by atoms with Crippen LogP contribution in [0, 0.1) is 5.92 Å². The summed E-state index contributed by atoms with van der Waals surface area (Å²) in [6.45, 7) is 13.3. The molecule has 2 rings (SSSR count). The Hall–Kier alpha value is -2.19. The van der Waals surface area contributed by atoms with Crippen LogP contribution in [0.15, 0.2) is 48.6 Å². The second kappa shape index (κ2) is 14.9. The van der Waals surface area contributed by atoms with Crippen molar-refractivity contribution in [3.8, 4) is 6.01 Å². The van der Waals surface area contributed by atoms with Crippen LogP contribution in [0.3, 0.4) is 0 Å². The average molecular weight is 461 g/mol. The van der Waals surface area contributed by atoms with E-state index in [1.807, 2.05) is 35.8 Å². The fraction of sp³-hybridized carbons (Fsp3) is 0.577. The summed E-state index contributed by atoms with van der Waals surface area (Å²) in [4.78, 5) is 4.65. The van der Waals surface area contributed by atoms with Crippen LogP contribution in [-0.4, -0.2) is 67.0 Å². The predicted octanol–water partition coefficient (Wildman–Crippen LogP) is 4.39. The highest BCUT2D eigenvalue weighted by atomic mass is 16.5. The van der Waals surface area contributed by atoms with Crippen LogP contribution in [0.1, 0.15) is 33.6 Å². The highest BCUT2D eigenvalue weighted by Crippen LogP contribution is 2.25. The summed E-state index contributed by atoms with van der Waals surface area (Å²) in [5.74, 6) is 0.0582. The van der Waals surface area contributed by atoms with Crippen molar-refractivity contribution in [1.82, 2.24) is 9.55 Å². The number of hydrogen-bond acceptors (Lipinski definition) is 6. The van der Waals surface area contributed by atoms with Gasteiger partial charge in [-0.2, -0.15) is 4.98 Å². The summed E-state index contributed by atoms with van der Waals surface area (Å²) in [6, 6.07) is 8.33. The molecule has 1 unspecified atom stereocenters. The molecule has 1 heterocycles. The standard InChI is InChI=1S/C26H40N2O5/c1-6-24(25(29)21(4)11-9-10-20(2)3)33-26-27-22-12-7-8-13-23(22)28(26)14-15-31-18-19-32-17-16-30-5/h6-8,10,12-13,21,24-25,29H,1,9,11,14-19H2,2-5H3/t21?,24-,25-/m1/s1. The molecule has 7 heteroatoms. The Morgan fingerprint density at radius 3 is 2.52 bits per heavy atom. The van der Waals surface area contributed by atoms with Gasteiger partial charge in [-0.3, -0.25) is 4.57 Å². The Balaban J connectivity index is 2.01. The van der Waals surface area contributed by atoms with Gasteiger partial charge < -0.3 is 24.1 Å². The number of aliphatic hydroxyl groups excluding tert-OH is 1. The molecule has 0 amide bonds. The van der Waals surface area contributed by atoms with Crippen LogP contribution in [0.2, 0.25) is 0 Å². The number of methoxy groups -OCH3 is 1. The maximum absolute atomic E-state index is 10.9. The number of para-hydroxylation sites is 2. The van der Waals surface area contributed by atoms with Crippen LogP contribution in [-0.2, 0) is 20.8 Å². The van der Waals surface area contributed by atoms with Crippen LogP contribution in [0.25, 0.3) is 11.0 Å². The zero-order valence-corrected chi connectivity index (χ0v) is 20.5. The molecule has 1 aromatic carbocycles. The van der Waals surface area contributed by atoms with Crippen molar-refractivity contribution >= 4 is 11.0 Å². The van der Waals surface area contributed by atoms with E-state index in [9.17, 15) is 5.11 Å². The second-order valence-electron chi connectivity index (χ2n) is 8.40. The van der Waals surface area contributed by atoms with Gasteiger partial charge in [-0.1, -0.05) is 37.3 Å². The zero-order valence-electron chi connectivity index (χ0n) is 20.5. The Labute approximate surface area is 198 Å².